The van der Waals surface area contributed by atoms with E-state index in [2.05, 4.69) is 10.1 Å². The normalized spacial score (nSPS) is 12.6. The van der Waals surface area contributed by atoms with Crippen LogP contribution in [0.15, 0.2) is 0 Å². The fraction of sp³-hybridized carbons (Fsp3) is 0.750. The van der Waals surface area contributed by atoms with E-state index in [-0.39, 0.29) is 29.6 Å². The molecule has 0 rings (SSSR count). The minimum Gasteiger partial charge on any atom is -0.725 e. The summed E-state index contributed by atoms with van der Waals surface area (Å²) < 4.78 is 34.6. The maximum atomic E-state index is 10.2. The zero-order valence-electron chi connectivity index (χ0n) is 8.52. The van der Waals surface area contributed by atoms with E-state index in [4.69, 9.17) is 6.42 Å². The van der Waals surface area contributed by atoms with Crippen molar-refractivity contribution in [1.82, 2.24) is 0 Å². The van der Waals surface area contributed by atoms with Crippen LogP contribution in [-0.2, 0) is 14.6 Å². The van der Waals surface area contributed by atoms with E-state index in [0.717, 1.165) is 19.3 Å². The molecular formula is C8H13NaO4S. The van der Waals surface area contributed by atoms with Gasteiger partial charge in [-0.2, -0.15) is 0 Å². The van der Waals surface area contributed by atoms with Crippen molar-refractivity contribution < 1.29 is 46.7 Å². The smallest absolute Gasteiger partial charge is 0.725 e. The van der Waals surface area contributed by atoms with Crippen LogP contribution in [0.2, 0.25) is 0 Å². The molecule has 0 bridgehead atoms. The average molecular weight is 228 g/mol. The molecule has 0 aliphatic carbocycles. The summed E-state index contributed by atoms with van der Waals surface area (Å²) in [6.07, 6.45) is 7.20. The first kappa shape index (κ1) is 16.8. The first-order valence-corrected chi connectivity index (χ1v) is 5.43. The predicted octanol–water partition coefficient (Wildman–Crippen LogP) is -1.95. The van der Waals surface area contributed by atoms with E-state index in [1.54, 1.807) is 0 Å². The Balaban J connectivity index is 0. The Hall–Kier alpha value is 0.430. The third-order valence-electron chi connectivity index (χ3n) is 1.49. The Kier molecular flexibility index (Phi) is 10.5. The van der Waals surface area contributed by atoms with Crippen molar-refractivity contribution in [3.8, 4) is 12.3 Å². The van der Waals surface area contributed by atoms with Crippen LogP contribution in [0.5, 0.6) is 0 Å². The van der Waals surface area contributed by atoms with Gasteiger partial charge in [0.15, 0.2) is 0 Å². The van der Waals surface area contributed by atoms with Gasteiger partial charge in [0.2, 0.25) is 10.4 Å². The molecular weight excluding hydrogens is 215 g/mol. The van der Waals surface area contributed by atoms with Gasteiger partial charge in [-0.05, 0) is 12.8 Å². The molecule has 0 fully saturated rings. The summed E-state index contributed by atoms with van der Waals surface area (Å²) in [5, 5.41) is 0. The van der Waals surface area contributed by atoms with Gasteiger partial charge in [-0.3, -0.25) is 4.18 Å². The fourth-order valence-corrected chi connectivity index (χ4v) is 1.32. The summed E-state index contributed by atoms with van der Waals surface area (Å²) in [6.45, 7) is 2.01. The van der Waals surface area contributed by atoms with Gasteiger partial charge in [-0.1, -0.05) is 25.7 Å². The standard InChI is InChI=1S/C8H14O4S.Na/c1-3-5-6-7-8(4-2)12-13(9,10)11;/h2,8H,3,5-7H2,1H3,(H,9,10,11);/q;+1/p-1/t8-;/m0./s1. The molecule has 6 heteroatoms. The predicted molar refractivity (Wildman–Crippen MR) is 47.5 cm³/mol. The first-order chi connectivity index (χ1) is 5.99. The number of hydrogen-bond acceptors (Lipinski definition) is 4. The number of terminal acetylenes is 1. The monoisotopic (exact) mass is 228 g/mol. The van der Waals surface area contributed by atoms with Crippen LogP contribution in [0, 0.1) is 12.3 Å². The molecule has 0 radical (unpaired) electrons. The minimum absolute atomic E-state index is 0. The molecule has 0 N–H and O–H groups in total. The number of rotatable bonds is 6. The minimum atomic E-state index is -4.67. The first-order valence-electron chi connectivity index (χ1n) is 4.10. The zero-order chi connectivity index (χ0) is 10.3. The zero-order valence-corrected chi connectivity index (χ0v) is 11.3. The molecule has 0 saturated carbocycles. The Morgan fingerprint density at radius 3 is 2.43 bits per heavy atom. The molecule has 0 amide bonds. The Bertz CT molecular complexity index is 268. The summed E-state index contributed by atoms with van der Waals surface area (Å²) in [4.78, 5) is 0. The van der Waals surface area contributed by atoms with Crippen molar-refractivity contribution in [2.75, 3.05) is 0 Å². The maximum Gasteiger partial charge on any atom is 1.00 e. The second kappa shape index (κ2) is 8.72. The van der Waals surface area contributed by atoms with Gasteiger partial charge in [0.05, 0.1) is 0 Å². The van der Waals surface area contributed by atoms with Gasteiger partial charge in [0, 0.05) is 0 Å². The topological polar surface area (TPSA) is 66.4 Å². The molecule has 0 aromatic heterocycles. The summed E-state index contributed by atoms with van der Waals surface area (Å²) >= 11 is 0. The molecule has 0 unspecified atom stereocenters. The van der Waals surface area contributed by atoms with Crippen LogP contribution in [0.3, 0.4) is 0 Å². The molecule has 0 saturated heterocycles. The van der Waals surface area contributed by atoms with Crippen molar-refractivity contribution in [2.45, 2.75) is 38.7 Å². The fourth-order valence-electron chi connectivity index (χ4n) is 0.881. The molecule has 0 aromatic rings. The van der Waals surface area contributed by atoms with Crippen molar-refractivity contribution in [2.24, 2.45) is 0 Å². The summed E-state index contributed by atoms with van der Waals surface area (Å²) in [5.74, 6) is 2.12. The van der Waals surface area contributed by atoms with Crippen LogP contribution < -0.4 is 29.6 Å². The van der Waals surface area contributed by atoms with Crippen LogP contribution in [0.1, 0.15) is 32.6 Å². The molecule has 1 atom stereocenters. The van der Waals surface area contributed by atoms with Crippen LogP contribution in [0.25, 0.3) is 0 Å². The third kappa shape index (κ3) is 10.5. The van der Waals surface area contributed by atoms with E-state index >= 15 is 0 Å². The van der Waals surface area contributed by atoms with Gasteiger partial charge in [0.25, 0.3) is 0 Å². The molecule has 76 valence electrons. The average Bonchev–Trinajstić information content (AvgIpc) is 2.01. The van der Waals surface area contributed by atoms with Crippen molar-refractivity contribution >= 4 is 10.4 Å². The third-order valence-corrected chi connectivity index (χ3v) is 1.96. The van der Waals surface area contributed by atoms with Crippen molar-refractivity contribution in [3.05, 3.63) is 0 Å². The van der Waals surface area contributed by atoms with Crippen LogP contribution in [-0.4, -0.2) is 19.1 Å². The molecule has 0 heterocycles. The van der Waals surface area contributed by atoms with Gasteiger partial charge in [0.1, 0.15) is 6.10 Å². The molecule has 0 aromatic carbocycles. The molecule has 14 heavy (non-hydrogen) atoms. The summed E-state index contributed by atoms with van der Waals surface area (Å²) in [7, 11) is -4.67. The molecule has 0 spiro atoms. The van der Waals surface area contributed by atoms with Crippen molar-refractivity contribution in [3.63, 3.8) is 0 Å². The van der Waals surface area contributed by atoms with E-state index in [9.17, 15) is 13.0 Å². The Morgan fingerprint density at radius 2 is 2.07 bits per heavy atom. The molecule has 4 nitrogen and oxygen atoms in total. The van der Waals surface area contributed by atoms with Gasteiger partial charge in [-0.15, -0.1) is 6.42 Å². The quantitative estimate of drug-likeness (QED) is 0.174. The number of hydrogen-bond donors (Lipinski definition) is 0. The van der Waals surface area contributed by atoms with E-state index in [1.807, 2.05) is 6.92 Å². The summed E-state index contributed by atoms with van der Waals surface area (Å²) in [5.41, 5.74) is 0. The molecule has 0 aliphatic heterocycles. The SMILES string of the molecule is C#C[C@@H](CCCCC)OS(=O)(=O)[O-].[Na+]. The molecule has 0 aliphatic rings. The van der Waals surface area contributed by atoms with Crippen molar-refractivity contribution in [1.29, 1.82) is 0 Å². The number of unbranched alkanes of at least 4 members (excludes halogenated alkanes) is 2. The Labute approximate surface area is 108 Å². The maximum absolute atomic E-state index is 10.2. The second-order valence-electron chi connectivity index (χ2n) is 2.66. The van der Waals surface area contributed by atoms with Gasteiger partial charge < -0.3 is 4.55 Å². The summed E-state index contributed by atoms with van der Waals surface area (Å²) in [6, 6.07) is 0. The van der Waals surface area contributed by atoms with Crippen LogP contribution in [0.4, 0.5) is 0 Å². The van der Waals surface area contributed by atoms with E-state index in [0.29, 0.717) is 6.42 Å². The Morgan fingerprint density at radius 1 is 1.50 bits per heavy atom. The van der Waals surface area contributed by atoms with E-state index in [1.165, 1.54) is 0 Å². The second-order valence-corrected chi connectivity index (χ2v) is 3.66. The van der Waals surface area contributed by atoms with Gasteiger partial charge >= 0.3 is 29.6 Å². The van der Waals surface area contributed by atoms with Crippen LogP contribution >= 0.6 is 0 Å². The van der Waals surface area contributed by atoms with E-state index < -0.39 is 16.5 Å². The largest absolute Gasteiger partial charge is 1.00 e. The van der Waals surface area contributed by atoms with Gasteiger partial charge in [-0.25, -0.2) is 8.42 Å².